The van der Waals surface area contributed by atoms with E-state index in [2.05, 4.69) is 5.32 Å². The maximum absolute atomic E-state index is 13.8. The number of hydrogen-bond donors (Lipinski definition) is 1. The Kier molecular flexibility index (Phi) is 4.12. The number of rotatable bonds is 4. The van der Waals surface area contributed by atoms with Gasteiger partial charge in [-0.25, -0.2) is 8.78 Å². The van der Waals surface area contributed by atoms with Gasteiger partial charge in [0.15, 0.2) is 11.6 Å². The number of benzene rings is 2. The molecule has 0 aliphatic heterocycles. The molecule has 0 bridgehead atoms. The molecule has 0 aromatic heterocycles. The summed E-state index contributed by atoms with van der Waals surface area (Å²) in [4.78, 5) is 0. The lowest BCUT2D eigenvalue weighted by Gasteiger charge is -2.13. The van der Waals surface area contributed by atoms with Gasteiger partial charge >= 0.3 is 0 Å². The predicted molar refractivity (Wildman–Crippen MR) is 70.4 cm³/mol. The second-order valence-electron chi connectivity index (χ2n) is 4.27. The quantitative estimate of drug-likeness (QED) is 0.906. The predicted octanol–water partition coefficient (Wildman–Crippen LogP) is 3.78. The maximum Gasteiger partial charge on any atom is 0.167 e. The van der Waals surface area contributed by atoms with Gasteiger partial charge in [0.2, 0.25) is 0 Å². The first-order valence-electron chi connectivity index (χ1n) is 5.98. The van der Waals surface area contributed by atoms with Gasteiger partial charge in [-0.05, 0) is 31.7 Å². The first-order chi connectivity index (χ1) is 9.11. The number of para-hydroxylation sites is 1. The number of ether oxygens (including phenoxy) is 1. The minimum Gasteiger partial charge on any atom is -0.454 e. The molecule has 1 N–H and O–H groups in total. The van der Waals surface area contributed by atoms with Gasteiger partial charge in [-0.1, -0.05) is 18.2 Å². The lowest BCUT2D eigenvalue weighted by molar-refractivity contribution is 0.429. The highest BCUT2D eigenvalue weighted by atomic mass is 19.1. The number of nitrogens with one attached hydrogen (secondary N) is 1. The Balaban J connectivity index is 2.39. The smallest absolute Gasteiger partial charge is 0.167 e. The van der Waals surface area contributed by atoms with Crippen LogP contribution >= 0.6 is 0 Å². The van der Waals surface area contributed by atoms with Gasteiger partial charge in [-0.3, -0.25) is 0 Å². The van der Waals surface area contributed by atoms with Crippen molar-refractivity contribution in [1.29, 1.82) is 0 Å². The molecule has 0 unspecified atom stereocenters. The fraction of sp³-hybridized carbons (Fsp3) is 0.200. The summed E-state index contributed by atoms with van der Waals surface area (Å²) in [6.07, 6.45) is 0. The molecule has 0 saturated heterocycles. The van der Waals surface area contributed by atoms with E-state index in [0.29, 0.717) is 17.9 Å². The first-order valence-corrected chi connectivity index (χ1v) is 5.98. The fourth-order valence-electron chi connectivity index (χ4n) is 1.79. The van der Waals surface area contributed by atoms with Gasteiger partial charge in [-0.15, -0.1) is 0 Å². The van der Waals surface area contributed by atoms with Crippen molar-refractivity contribution in [3.63, 3.8) is 0 Å². The summed E-state index contributed by atoms with van der Waals surface area (Å²) in [6, 6.07) is 8.91. The second kappa shape index (κ2) is 5.80. The lowest BCUT2D eigenvalue weighted by Crippen LogP contribution is -2.07. The lowest BCUT2D eigenvalue weighted by atomic mass is 10.1. The van der Waals surface area contributed by atoms with Crippen molar-refractivity contribution < 1.29 is 13.5 Å². The van der Waals surface area contributed by atoms with E-state index in [1.165, 1.54) is 18.2 Å². The van der Waals surface area contributed by atoms with Crippen molar-refractivity contribution >= 4 is 0 Å². The average Bonchev–Trinajstić information content (AvgIpc) is 2.38. The van der Waals surface area contributed by atoms with Gasteiger partial charge in [0.05, 0.1) is 0 Å². The Hall–Kier alpha value is -1.94. The van der Waals surface area contributed by atoms with E-state index in [9.17, 15) is 8.78 Å². The molecule has 0 aliphatic rings. The van der Waals surface area contributed by atoms with Crippen LogP contribution < -0.4 is 10.1 Å². The van der Waals surface area contributed by atoms with Gasteiger partial charge in [0, 0.05) is 18.2 Å². The zero-order chi connectivity index (χ0) is 13.8. The van der Waals surface area contributed by atoms with Crippen molar-refractivity contribution in [3.05, 3.63) is 59.2 Å². The summed E-state index contributed by atoms with van der Waals surface area (Å²) in [7, 11) is 1.77. The molecule has 0 atom stereocenters. The Morgan fingerprint density at radius 2 is 1.95 bits per heavy atom. The molecular weight excluding hydrogens is 248 g/mol. The summed E-state index contributed by atoms with van der Waals surface area (Å²) in [6.45, 7) is 2.26. The van der Waals surface area contributed by atoms with Crippen LogP contribution in [0.4, 0.5) is 8.78 Å². The third-order valence-corrected chi connectivity index (χ3v) is 2.78. The van der Waals surface area contributed by atoms with Crippen molar-refractivity contribution in [2.45, 2.75) is 13.5 Å². The highest BCUT2D eigenvalue weighted by Gasteiger charge is 2.12. The molecule has 0 fully saturated rings. The standard InChI is InChI=1S/C15H15F2NO/c1-10-6-7-12(16)8-14(10)19-15-11(9-18-2)4-3-5-13(15)17/h3-8,18H,9H2,1-2H3. The first kappa shape index (κ1) is 13.5. The van der Waals surface area contributed by atoms with Gasteiger partial charge in [-0.2, -0.15) is 0 Å². The fourth-order valence-corrected chi connectivity index (χ4v) is 1.79. The van der Waals surface area contributed by atoms with Crippen LogP contribution in [0.3, 0.4) is 0 Å². The molecule has 0 amide bonds. The van der Waals surface area contributed by atoms with Crippen molar-refractivity contribution in [2.75, 3.05) is 7.05 Å². The van der Waals surface area contributed by atoms with Crippen molar-refractivity contribution in [1.82, 2.24) is 5.32 Å². The monoisotopic (exact) mass is 263 g/mol. The molecule has 0 radical (unpaired) electrons. The Labute approximate surface area is 111 Å². The number of aryl methyl sites for hydroxylation is 1. The van der Waals surface area contributed by atoms with Crippen LogP contribution in [0.15, 0.2) is 36.4 Å². The van der Waals surface area contributed by atoms with Crippen LogP contribution in [0.25, 0.3) is 0 Å². The third kappa shape index (κ3) is 3.09. The molecule has 100 valence electrons. The molecule has 0 saturated carbocycles. The van der Waals surface area contributed by atoms with Gasteiger partial charge < -0.3 is 10.1 Å². The van der Waals surface area contributed by atoms with Crippen LogP contribution in [0, 0.1) is 18.6 Å². The molecule has 19 heavy (non-hydrogen) atoms. The molecule has 0 aliphatic carbocycles. The SMILES string of the molecule is CNCc1cccc(F)c1Oc1cc(F)ccc1C. The van der Waals surface area contributed by atoms with E-state index in [-0.39, 0.29) is 5.75 Å². The topological polar surface area (TPSA) is 21.3 Å². The average molecular weight is 263 g/mol. The van der Waals surface area contributed by atoms with E-state index in [0.717, 1.165) is 5.56 Å². The molecule has 4 heteroatoms. The minimum atomic E-state index is -0.462. The van der Waals surface area contributed by atoms with Crippen LogP contribution in [0.5, 0.6) is 11.5 Å². The molecule has 0 heterocycles. The maximum atomic E-state index is 13.8. The van der Waals surface area contributed by atoms with Crippen molar-refractivity contribution in [3.8, 4) is 11.5 Å². The molecule has 2 aromatic carbocycles. The van der Waals surface area contributed by atoms with E-state index < -0.39 is 11.6 Å². The summed E-state index contributed by atoms with van der Waals surface area (Å²) in [5.74, 6) is -0.420. The summed E-state index contributed by atoms with van der Waals surface area (Å²) in [5, 5.41) is 2.94. The molecule has 2 nitrogen and oxygen atoms in total. The van der Waals surface area contributed by atoms with Crippen LogP contribution in [0.2, 0.25) is 0 Å². The molecule has 2 rings (SSSR count). The second-order valence-corrected chi connectivity index (χ2v) is 4.27. The van der Waals surface area contributed by atoms with Crippen LogP contribution in [-0.4, -0.2) is 7.05 Å². The van der Waals surface area contributed by atoms with E-state index >= 15 is 0 Å². The van der Waals surface area contributed by atoms with Crippen molar-refractivity contribution in [2.24, 2.45) is 0 Å². The van der Waals surface area contributed by atoms with Gasteiger partial charge in [0.25, 0.3) is 0 Å². The highest BCUT2D eigenvalue weighted by molar-refractivity contribution is 5.42. The van der Waals surface area contributed by atoms with Gasteiger partial charge in [0.1, 0.15) is 11.6 Å². The van der Waals surface area contributed by atoms with Crippen LogP contribution in [0.1, 0.15) is 11.1 Å². The zero-order valence-corrected chi connectivity index (χ0v) is 10.8. The Bertz CT molecular complexity index is 584. The Morgan fingerprint density at radius 3 is 2.68 bits per heavy atom. The number of halogens is 2. The third-order valence-electron chi connectivity index (χ3n) is 2.78. The molecule has 0 spiro atoms. The highest BCUT2D eigenvalue weighted by Crippen LogP contribution is 2.30. The summed E-state index contributed by atoms with van der Waals surface area (Å²) >= 11 is 0. The Morgan fingerprint density at radius 1 is 1.16 bits per heavy atom. The van der Waals surface area contributed by atoms with E-state index in [1.54, 1.807) is 32.2 Å². The zero-order valence-electron chi connectivity index (χ0n) is 10.8. The summed E-state index contributed by atoms with van der Waals surface area (Å²) < 4.78 is 32.6. The molecular formula is C15H15F2NO. The summed E-state index contributed by atoms with van der Waals surface area (Å²) in [5.41, 5.74) is 1.44. The molecule has 2 aromatic rings. The normalized spacial score (nSPS) is 10.5. The largest absolute Gasteiger partial charge is 0.454 e. The van der Waals surface area contributed by atoms with E-state index in [1.807, 2.05) is 0 Å². The van der Waals surface area contributed by atoms with Crippen LogP contribution in [-0.2, 0) is 6.54 Å². The number of hydrogen-bond acceptors (Lipinski definition) is 2. The minimum absolute atomic E-state index is 0.130. The van der Waals surface area contributed by atoms with E-state index in [4.69, 9.17) is 4.74 Å².